The van der Waals surface area contributed by atoms with Gasteiger partial charge in [-0.1, -0.05) is 39.2 Å². The number of carbonyl (C=O) groups excluding carboxylic acids is 1. The highest BCUT2D eigenvalue weighted by Crippen LogP contribution is 2.24. The second-order valence-corrected chi connectivity index (χ2v) is 6.63. The van der Waals surface area contributed by atoms with Crippen LogP contribution in [0.5, 0.6) is 5.75 Å². The van der Waals surface area contributed by atoms with E-state index in [0.717, 1.165) is 29.8 Å². The van der Waals surface area contributed by atoms with Crippen molar-refractivity contribution in [1.29, 1.82) is 0 Å². The van der Waals surface area contributed by atoms with Crippen molar-refractivity contribution in [2.75, 3.05) is 6.54 Å². The molecule has 0 spiro atoms. The van der Waals surface area contributed by atoms with E-state index in [0.29, 0.717) is 5.92 Å². The summed E-state index contributed by atoms with van der Waals surface area (Å²) >= 11 is 0. The van der Waals surface area contributed by atoms with Gasteiger partial charge in [-0.05, 0) is 62.8 Å². The van der Waals surface area contributed by atoms with Crippen molar-refractivity contribution in [2.45, 2.75) is 73.3 Å². The lowest BCUT2D eigenvalue weighted by Crippen LogP contribution is -2.39. The number of unbranched alkanes of at least 4 members (excludes halogenated alkanes) is 1. The fraction of sp³-hybridized carbons (Fsp3) is 0.650. The summed E-state index contributed by atoms with van der Waals surface area (Å²) in [5.41, 5.74) is 3.45. The van der Waals surface area contributed by atoms with Gasteiger partial charge in [0.2, 0.25) is 0 Å². The van der Waals surface area contributed by atoms with E-state index in [2.05, 4.69) is 32.2 Å². The van der Waals surface area contributed by atoms with E-state index in [-0.39, 0.29) is 5.91 Å². The number of ether oxygens (including phenoxy) is 1. The molecule has 23 heavy (non-hydrogen) atoms. The Balaban J connectivity index is 2.57. The molecule has 0 saturated heterocycles. The van der Waals surface area contributed by atoms with Gasteiger partial charge in [-0.25, -0.2) is 0 Å². The van der Waals surface area contributed by atoms with Crippen LogP contribution in [0.2, 0.25) is 0 Å². The molecule has 3 heteroatoms. The maximum Gasteiger partial charge on any atom is 0.260 e. The lowest BCUT2D eigenvalue weighted by Gasteiger charge is -2.20. The monoisotopic (exact) mass is 319 g/mol. The number of hydrogen-bond acceptors (Lipinski definition) is 2. The maximum absolute atomic E-state index is 12.3. The van der Waals surface area contributed by atoms with Gasteiger partial charge in [-0.3, -0.25) is 4.79 Å². The summed E-state index contributed by atoms with van der Waals surface area (Å²) in [6.45, 7) is 13.1. The third-order valence-electron chi connectivity index (χ3n) is 4.55. The highest BCUT2D eigenvalue weighted by atomic mass is 16.5. The summed E-state index contributed by atoms with van der Waals surface area (Å²) in [6, 6.07) is 4.13. The van der Waals surface area contributed by atoms with E-state index in [1.165, 1.54) is 24.8 Å². The second kappa shape index (κ2) is 9.59. The number of aryl methyl sites for hydroxylation is 2. The van der Waals surface area contributed by atoms with Crippen molar-refractivity contribution < 1.29 is 9.53 Å². The molecular formula is C20H33NO2. The number of hydrogen-bond donors (Lipinski definition) is 1. The van der Waals surface area contributed by atoms with Crippen molar-refractivity contribution in [3.05, 3.63) is 28.8 Å². The number of amides is 1. The first-order valence-corrected chi connectivity index (χ1v) is 8.91. The van der Waals surface area contributed by atoms with Crippen LogP contribution in [0.1, 0.15) is 63.1 Å². The molecule has 1 amide bonds. The van der Waals surface area contributed by atoms with Gasteiger partial charge in [0, 0.05) is 6.54 Å². The fourth-order valence-electron chi connectivity index (χ4n) is 2.70. The number of benzene rings is 1. The zero-order valence-electron chi connectivity index (χ0n) is 15.7. The maximum atomic E-state index is 12.3. The summed E-state index contributed by atoms with van der Waals surface area (Å²) in [4.78, 5) is 12.3. The number of carbonyl (C=O) groups is 1. The molecule has 0 aromatic heterocycles. The van der Waals surface area contributed by atoms with E-state index >= 15 is 0 Å². The summed E-state index contributed by atoms with van der Waals surface area (Å²) in [7, 11) is 0. The molecule has 0 aliphatic carbocycles. The first-order chi connectivity index (χ1) is 10.9. The Morgan fingerprint density at radius 3 is 2.52 bits per heavy atom. The highest BCUT2D eigenvalue weighted by molar-refractivity contribution is 5.80. The van der Waals surface area contributed by atoms with Crippen LogP contribution in [0.15, 0.2) is 12.1 Å². The quantitative estimate of drug-likeness (QED) is 0.715. The molecule has 0 fully saturated rings. The Morgan fingerprint density at radius 1 is 1.22 bits per heavy atom. The standard InChI is InChI=1S/C20H33NO2/c1-7-9-10-18(8-2)13-21-20(22)17(6)23-19-12-14(3)11-15(4)16(19)5/h11-12,17-18H,7-10,13H2,1-6H3,(H,21,22)/t17-,18-/m0/s1. The van der Waals surface area contributed by atoms with Crippen molar-refractivity contribution in [3.8, 4) is 5.75 Å². The van der Waals surface area contributed by atoms with Crippen molar-refractivity contribution in [1.82, 2.24) is 5.32 Å². The lowest BCUT2D eigenvalue weighted by atomic mass is 9.99. The third-order valence-corrected chi connectivity index (χ3v) is 4.55. The smallest absolute Gasteiger partial charge is 0.260 e. The summed E-state index contributed by atoms with van der Waals surface area (Å²) in [5.74, 6) is 1.34. The highest BCUT2D eigenvalue weighted by Gasteiger charge is 2.17. The predicted molar refractivity (Wildman–Crippen MR) is 97.1 cm³/mol. The normalized spacial score (nSPS) is 13.5. The van der Waals surface area contributed by atoms with E-state index < -0.39 is 6.10 Å². The molecule has 3 nitrogen and oxygen atoms in total. The van der Waals surface area contributed by atoms with Gasteiger partial charge in [-0.15, -0.1) is 0 Å². The topological polar surface area (TPSA) is 38.3 Å². The molecule has 1 aromatic carbocycles. The SMILES string of the molecule is CCCC[C@H](CC)CNC(=O)[C@H](C)Oc1cc(C)cc(C)c1C. The summed E-state index contributed by atoms with van der Waals surface area (Å²) in [5, 5.41) is 3.05. The number of nitrogens with one attached hydrogen (secondary N) is 1. The van der Waals surface area contributed by atoms with E-state index in [1.54, 1.807) is 0 Å². The van der Waals surface area contributed by atoms with Gasteiger partial charge in [0.1, 0.15) is 5.75 Å². The van der Waals surface area contributed by atoms with Crippen LogP contribution in [0.25, 0.3) is 0 Å². The second-order valence-electron chi connectivity index (χ2n) is 6.63. The van der Waals surface area contributed by atoms with Crippen molar-refractivity contribution >= 4 is 5.91 Å². The van der Waals surface area contributed by atoms with Crippen LogP contribution in [-0.2, 0) is 4.79 Å². The Bertz CT molecular complexity index is 511. The molecule has 0 unspecified atom stereocenters. The summed E-state index contributed by atoms with van der Waals surface area (Å²) in [6.07, 6.45) is 4.24. The first kappa shape index (κ1) is 19.5. The molecule has 1 rings (SSSR count). The van der Waals surface area contributed by atoms with Crippen LogP contribution in [0.3, 0.4) is 0 Å². The molecule has 0 aliphatic heterocycles. The molecule has 1 N–H and O–H groups in total. The number of rotatable bonds is 9. The van der Waals surface area contributed by atoms with Crippen LogP contribution in [-0.4, -0.2) is 18.6 Å². The molecule has 0 saturated carbocycles. The summed E-state index contributed by atoms with van der Waals surface area (Å²) < 4.78 is 5.90. The van der Waals surface area contributed by atoms with E-state index in [1.807, 2.05) is 26.8 Å². The average Bonchev–Trinajstić information content (AvgIpc) is 2.51. The molecule has 0 aliphatic rings. The van der Waals surface area contributed by atoms with Gasteiger partial charge in [-0.2, -0.15) is 0 Å². The molecule has 0 radical (unpaired) electrons. The predicted octanol–water partition coefficient (Wildman–Crippen LogP) is 4.71. The van der Waals surface area contributed by atoms with Gasteiger partial charge in [0.15, 0.2) is 6.10 Å². The van der Waals surface area contributed by atoms with Crippen LogP contribution in [0.4, 0.5) is 0 Å². The van der Waals surface area contributed by atoms with E-state index in [9.17, 15) is 4.79 Å². The van der Waals surface area contributed by atoms with E-state index in [4.69, 9.17) is 4.74 Å². The minimum atomic E-state index is -0.474. The Hall–Kier alpha value is -1.51. The minimum absolute atomic E-state index is 0.0292. The Labute approximate surface area is 141 Å². The van der Waals surface area contributed by atoms with Crippen LogP contribution < -0.4 is 10.1 Å². The lowest BCUT2D eigenvalue weighted by molar-refractivity contribution is -0.127. The molecular weight excluding hydrogens is 286 g/mol. The molecule has 0 bridgehead atoms. The Morgan fingerprint density at radius 2 is 1.91 bits per heavy atom. The molecule has 130 valence electrons. The zero-order chi connectivity index (χ0) is 17.4. The van der Waals surface area contributed by atoms with Gasteiger partial charge < -0.3 is 10.1 Å². The molecule has 0 heterocycles. The molecule has 1 aromatic rings. The Kier molecular flexibility index (Phi) is 8.15. The third kappa shape index (κ3) is 6.25. The van der Waals surface area contributed by atoms with Gasteiger partial charge in [0.25, 0.3) is 5.91 Å². The van der Waals surface area contributed by atoms with Gasteiger partial charge >= 0.3 is 0 Å². The average molecular weight is 319 g/mol. The first-order valence-electron chi connectivity index (χ1n) is 8.91. The van der Waals surface area contributed by atoms with Crippen LogP contribution in [0, 0.1) is 26.7 Å². The van der Waals surface area contributed by atoms with Gasteiger partial charge in [0.05, 0.1) is 0 Å². The van der Waals surface area contributed by atoms with Crippen molar-refractivity contribution in [2.24, 2.45) is 5.92 Å². The zero-order valence-corrected chi connectivity index (χ0v) is 15.7. The fourth-order valence-corrected chi connectivity index (χ4v) is 2.70. The largest absolute Gasteiger partial charge is 0.481 e. The molecule has 2 atom stereocenters. The van der Waals surface area contributed by atoms with Crippen LogP contribution >= 0.6 is 0 Å². The van der Waals surface area contributed by atoms with Crippen molar-refractivity contribution in [3.63, 3.8) is 0 Å². The minimum Gasteiger partial charge on any atom is -0.481 e.